The van der Waals surface area contributed by atoms with Crippen LogP contribution in [0.4, 0.5) is 11.4 Å². The fourth-order valence-electron chi connectivity index (χ4n) is 4.78. The minimum atomic E-state index is -0.984. The lowest BCUT2D eigenvalue weighted by atomic mass is 10.0. The highest BCUT2D eigenvalue weighted by molar-refractivity contribution is 7.80. The van der Waals surface area contributed by atoms with Crippen LogP contribution in [0.2, 0.25) is 0 Å². The Labute approximate surface area is 230 Å². The monoisotopic (exact) mass is 542 g/mol. The number of methoxy groups -OCH3 is 1. The summed E-state index contributed by atoms with van der Waals surface area (Å²) >= 11 is 5.80. The summed E-state index contributed by atoms with van der Waals surface area (Å²) in [4.78, 5) is 29.7. The van der Waals surface area contributed by atoms with Crippen LogP contribution in [0.25, 0.3) is 11.3 Å². The number of pyridine rings is 1. The molecule has 10 heteroatoms. The number of carboxylic acid groups (broad SMARTS) is 1. The van der Waals surface area contributed by atoms with Crippen molar-refractivity contribution >= 4 is 40.6 Å². The summed E-state index contributed by atoms with van der Waals surface area (Å²) in [6.45, 7) is 3.28. The van der Waals surface area contributed by atoms with Crippen LogP contribution in [0.1, 0.15) is 46.4 Å². The number of furan rings is 1. The molecule has 1 aliphatic heterocycles. The number of aryl methyl sites for hydroxylation is 1. The summed E-state index contributed by atoms with van der Waals surface area (Å²) in [6, 6.07) is 19.1. The second-order valence-electron chi connectivity index (χ2n) is 9.10. The van der Waals surface area contributed by atoms with Crippen LogP contribution in [0.15, 0.2) is 77.3 Å². The molecule has 1 aliphatic rings. The van der Waals surface area contributed by atoms with Crippen molar-refractivity contribution in [2.45, 2.75) is 25.9 Å². The van der Waals surface area contributed by atoms with Gasteiger partial charge in [-0.3, -0.25) is 9.78 Å². The van der Waals surface area contributed by atoms with Crippen LogP contribution in [0.3, 0.4) is 0 Å². The lowest BCUT2D eigenvalue weighted by molar-refractivity contribution is -0.114. The van der Waals surface area contributed by atoms with Gasteiger partial charge >= 0.3 is 5.97 Å². The molecule has 3 N–H and O–H groups in total. The molecule has 0 saturated carbocycles. The SMILES string of the molecule is COc1ccc(N2C(=S)NC(c3ccccn3)C2c2ccc(-c3ccc(C(=O)O)cc3C)o2)cc1NC(C)=O. The van der Waals surface area contributed by atoms with Gasteiger partial charge in [0.05, 0.1) is 30.1 Å². The van der Waals surface area contributed by atoms with E-state index in [1.165, 1.54) is 14.0 Å². The first-order valence-electron chi connectivity index (χ1n) is 12.2. The van der Waals surface area contributed by atoms with E-state index in [1.807, 2.05) is 48.2 Å². The highest BCUT2D eigenvalue weighted by Crippen LogP contribution is 2.44. The largest absolute Gasteiger partial charge is 0.495 e. The van der Waals surface area contributed by atoms with E-state index in [1.54, 1.807) is 36.5 Å². The normalized spacial score (nSPS) is 16.6. The van der Waals surface area contributed by atoms with Crippen molar-refractivity contribution in [3.05, 3.63) is 95.5 Å². The number of carbonyl (C=O) groups is 2. The number of nitrogens with one attached hydrogen (secondary N) is 2. The summed E-state index contributed by atoms with van der Waals surface area (Å²) in [6.07, 6.45) is 1.73. The highest BCUT2D eigenvalue weighted by Gasteiger charge is 2.43. The lowest BCUT2D eigenvalue weighted by Crippen LogP contribution is -2.29. The van der Waals surface area contributed by atoms with E-state index >= 15 is 0 Å². The van der Waals surface area contributed by atoms with Crippen LogP contribution in [0, 0.1) is 6.92 Å². The quantitative estimate of drug-likeness (QED) is 0.261. The summed E-state index contributed by atoms with van der Waals surface area (Å²) in [5, 5.41) is 16.0. The first-order valence-corrected chi connectivity index (χ1v) is 12.6. The molecule has 3 heterocycles. The zero-order valence-corrected chi connectivity index (χ0v) is 22.3. The van der Waals surface area contributed by atoms with Gasteiger partial charge in [-0.05, 0) is 79.3 Å². The van der Waals surface area contributed by atoms with Crippen molar-refractivity contribution in [2.75, 3.05) is 17.3 Å². The first kappa shape index (κ1) is 25.9. The van der Waals surface area contributed by atoms with E-state index in [-0.39, 0.29) is 17.5 Å². The van der Waals surface area contributed by atoms with Gasteiger partial charge in [0.1, 0.15) is 23.3 Å². The Balaban J connectivity index is 1.60. The fraction of sp³-hybridized carbons (Fsp3) is 0.172. The van der Waals surface area contributed by atoms with Crippen molar-refractivity contribution in [2.24, 2.45) is 0 Å². The van der Waals surface area contributed by atoms with Crippen LogP contribution >= 0.6 is 12.2 Å². The molecule has 0 bridgehead atoms. The van der Waals surface area contributed by atoms with Crippen LogP contribution in [0.5, 0.6) is 5.75 Å². The minimum absolute atomic E-state index is 0.212. The van der Waals surface area contributed by atoms with Gasteiger partial charge in [0.2, 0.25) is 5.91 Å². The van der Waals surface area contributed by atoms with Crippen molar-refractivity contribution in [1.29, 1.82) is 0 Å². The third kappa shape index (κ3) is 5.06. The van der Waals surface area contributed by atoms with E-state index in [0.717, 1.165) is 22.5 Å². The number of anilines is 2. The van der Waals surface area contributed by atoms with E-state index < -0.39 is 12.0 Å². The van der Waals surface area contributed by atoms with Gasteiger partial charge in [0.15, 0.2) is 5.11 Å². The van der Waals surface area contributed by atoms with Crippen LogP contribution in [-0.4, -0.2) is 34.2 Å². The van der Waals surface area contributed by atoms with Crippen molar-refractivity contribution in [1.82, 2.24) is 10.3 Å². The zero-order valence-electron chi connectivity index (χ0n) is 21.5. The number of benzene rings is 2. The molecular formula is C29H26N4O5S. The number of carbonyl (C=O) groups excluding carboxylic acids is 1. The Morgan fingerprint density at radius 1 is 1.13 bits per heavy atom. The van der Waals surface area contributed by atoms with Gasteiger partial charge in [-0.1, -0.05) is 12.1 Å². The molecule has 0 radical (unpaired) electrons. The Morgan fingerprint density at radius 2 is 1.95 bits per heavy atom. The number of ether oxygens (including phenoxy) is 1. The number of amides is 1. The predicted molar refractivity (Wildman–Crippen MR) is 151 cm³/mol. The van der Waals surface area contributed by atoms with Crippen molar-refractivity contribution in [3.8, 4) is 17.1 Å². The third-order valence-corrected chi connectivity index (χ3v) is 6.84. The van der Waals surface area contributed by atoms with Gasteiger partial charge in [0.25, 0.3) is 0 Å². The smallest absolute Gasteiger partial charge is 0.335 e. The molecule has 2 aromatic heterocycles. The van der Waals surface area contributed by atoms with Crippen LogP contribution < -0.4 is 20.3 Å². The molecule has 2 atom stereocenters. The molecule has 1 fully saturated rings. The zero-order chi connectivity index (χ0) is 27.7. The maximum absolute atomic E-state index is 11.9. The molecule has 4 aromatic rings. The third-order valence-electron chi connectivity index (χ3n) is 6.53. The van der Waals surface area contributed by atoms with Gasteiger partial charge in [0, 0.05) is 24.4 Å². The molecule has 2 aromatic carbocycles. The topological polar surface area (TPSA) is 117 Å². The molecule has 0 spiro atoms. The average Bonchev–Trinajstić information content (AvgIpc) is 3.53. The maximum Gasteiger partial charge on any atom is 0.335 e. The summed E-state index contributed by atoms with van der Waals surface area (Å²) in [5.74, 6) is 0.542. The number of aromatic nitrogens is 1. The number of hydrogen-bond donors (Lipinski definition) is 3. The lowest BCUT2D eigenvalue weighted by Gasteiger charge is -2.27. The Hall–Kier alpha value is -4.70. The van der Waals surface area contributed by atoms with Gasteiger partial charge in [-0.25, -0.2) is 4.79 Å². The number of nitrogens with zero attached hydrogens (tertiary/aromatic N) is 2. The Morgan fingerprint density at radius 3 is 2.62 bits per heavy atom. The summed E-state index contributed by atoms with van der Waals surface area (Å²) in [5.41, 5.74) is 3.80. The van der Waals surface area contributed by atoms with E-state index in [2.05, 4.69) is 15.6 Å². The Bertz CT molecular complexity index is 1570. The molecule has 0 aliphatic carbocycles. The molecule has 198 valence electrons. The average molecular weight is 543 g/mol. The van der Waals surface area contributed by atoms with Gasteiger partial charge in [-0.15, -0.1) is 0 Å². The molecule has 2 unspecified atom stereocenters. The van der Waals surface area contributed by atoms with Crippen molar-refractivity contribution < 1.29 is 23.8 Å². The maximum atomic E-state index is 11.9. The molecule has 5 rings (SSSR count). The fourth-order valence-corrected chi connectivity index (χ4v) is 5.13. The number of hydrogen-bond acceptors (Lipinski definition) is 6. The van der Waals surface area contributed by atoms with E-state index in [9.17, 15) is 14.7 Å². The number of thiocarbonyl (C=S) groups is 1. The number of carboxylic acids is 1. The molecule has 1 saturated heterocycles. The first-order chi connectivity index (χ1) is 18.8. The standard InChI is InChI=1S/C29H26N4O5S/c1-16-14-18(28(35)36)7-9-20(16)23-11-12-25(38-23)27-26(21-6-4-5-13-30-21)32-29(39)33(27)19-8-10-24(37-3)22(15-19)31-17(2)34/h4-15,26-27H,1-3H3,(H,31,34)(H,32,39)(H,35,36). The second kappa shape index (κ2) is 10.6. The number of rotatable bonds is 7. The summed E-state index contributed by atoms with van der Waals surface area (Å²) < 4.78 is 11.8. The second-order valence-corrected chi connectivity index (χ2v) is 9.49. The van der Waals surface area contributed by atoms with E-state index in [0.29, 0.717) is 28.1 Å². The van der Waals surface area contributed by atoms with Crippen molar-refractivity contribution in [3.63, 3.8) is 0 Å². The van der Waals surface area contributed by atoms with Gasteiger partial charge in [-0.2, -0.15) is 0 Å². The Kier molecular flexibility index (Phi) is 7.03. The minimum Gasteiger partial charge on any atom is -0.495 e. The number of aromatic carboxylic acids is 1. The van der Waals surface area contributed by atoms with E-state index in [4.69, 9.17) is 21.4 Å². The predicted octanol–water partition coefficient (Wildman–Crippen LogP) is 5.49. The van der Waals surface area contributed by atoms with Crippen LogP contribution in [-0.2, 0) is 4.79 Å². The molecular weight excluding hydrogens is 516 g/mol. The highest BCUT2D eigenvalue weighted by atomic mass is 32.1. The molecule has 39 heavy (non-hydrogen) atoms. The molecule has 1 amide bonds. The van der Waals surface area contributed by atoms with Gasteiger partial charge < -0.3 is 29.8 Å². The summed E-state index contributed by atoms with van der Waals surface area (Å²) in [7, 11) is 1.54. The molecule has 9 nitrogen and oxygen atoms in total.